The number of carbonyl (C=O) groups is 1. The van der Waals surface area contributed by atoms with Crippen molar-refractivity contribution in [3.63, 3.8) is 0 Å². The summed E-state index contributed by atoms with van der Waals surface area (Å²) in [5.41, 5.74) is 11.1. The number of nitrogens with one attached hydrogen (secondary N) is 1. The predicted octanol–water partition coefficient (Wildman–Crippen LogP) is 5.72. The molecule has 0 spiro atoms. The Morgan fingerprint density at radius 3 is 2.57 bits per heavy atom. The molecule has 0 bridgehead atoms. The number of hydrogen-bond donors (Lipinski definition) is 3. The monoisotopic (exact) mass is 494 g/mol. The van der Waals surface area contributed by atoms with Crippen LogP contribution in [0.4, 0.5) is 11.4 Å². The van der Waals surface area contributed by atoms with Gasteiger partial charge in [-0.3, -0.25) is 4.79 Å². The second-order valence-electron chi connectivity index (χ2n) is 9.10. The fourth-order valence-electron chi connectivity index (χ4n) is 4.48. The van der Waals surface area contributed by atoms with Crippen molar-refractivity contribution in [1.29, 1.82) is 0 Å². The first-order valence-corrected chi connectivity index (χ1v) is 11.8. The molecule has 0 saturated heterocycles. The molecule has 0 radical (unpaired) electrons. The number of carboxylic acids is 1. The average molecular weight is 495 g/mol. The van der Waals surface area contributed by atoms with Crippen LogP contribution in [0.1, 0.15) is 40.0 Å². The normalized spacial score (nSPS) is 12.0. The molecule has 5 rings (SSSR count). The van der Waals surface area contributed by atoms with Crippen LogP contribution in [0.25, 0.3) is 28.0 Å². The zero-order valence-electron chi connectivity index (χ0n) is 20.6. The van der Waals surface area contributed by atoms with Crippen LogP contribution in [0.3, 0.4) is 0 Å². The lowest BCUT2D eigenvalue weighted by Gasteiger charge is -2.19. The molecule has 2 heterocycles. The maximum absolute atomic E-state index is 13.5. The van der Waals surface area contributed by atoms with Gasteiger partial charge in [-0.25, -0.2) is 9.48 Å². The number of hydrogen-bond acceptors (Lipinski definition) is 6. The van der Waals surface area contributed by atoms with Crippen molar-refractivity contribution in [1.82, 2.24) is 9.78 Å². The third-order valence-electron chi connectivity index (χ3n) is 6.39. The van der Waals surface area contributed by atoms with Crippen molar-refractivity contribution >= 4 is 28.3 Å². The van der Waals surface area contributed by atoms with Crippen LogP contribution >= 0.6 is 0 Å². The molecule has 4 N–H and O–H groups in total. The molecule has 1 atom stereocenters. The second kappa shape index (κ2) is 9.31. The van der Waals surface area contributed by atoms with Crippen LogP contribution in [-0.2, 0) is 0 Å². The summed E-state index contributed by atoms with van der Waals surface area (Å²) in [5, 5.41) is 17.8. The predicted molar refractivity (Wildman–Crippen MR) is 144 cm³/mol. The molecule has 0 aliphatic rings. The van der Waals surface area contributed by atoms with E-state index >= 15 is 0 Å². The largest absolute Gasteiger partial charge is 0.478 e. The Labute approximate surface area is 213 Å². The minimum absolute atomic E-state index is 0.125. The second-order valence-corrected chi connectivity index (χ2v) is 9.10. The van der Waals surface area contributed by atoms with Crippen molar-refractivity contribution in [2.45, 2.75) is 26.8 Å². The molecule has 2 aromatic heterocycles. The Kier molecular flexibility index (Phi) is 6.01. The standard InChI is InChI=1S/C29H26N4O4/c1-16-12-23(18(3)32-25-7-5-4-6-22(25)29(35)36)28-24(13-16)26(34)17(2)27(37-28)19-14-31-33(15-19)21-10-8-20(30)9-11-21/h4-15,18,32H,30H2,1-3H3,(H,35,36). The van der Waals surface area contributed by atoms with Crippen molar-refractivity contribution in [3.8, 4) is 17.0 Å². The van der Waals surface area contributed by atoms with Crippen molar-refractivity contribution in [3.05, 3.63) is 106 Å². The Morgan fingerprint density at radius 2 is 1.84 bits per heavy atom. The van der Waals surface area contributed by atoms with Crippen molar-refractivity contribution < 1.29 is 14.3 Å². The van der Waals surface area contributed by atoms with E-state index in [1.54, 1.807) is 60.4 Å². The average Bonchev–Trinajstić information content (AvgIpc) is 3.36. The third kappa shape index (κ3) is 4.45. The number of nitrogen functional groups attached to an aromatic ring is 1. The number of aromatic carboxylic acids is 1. The highest BCUT2D eigenvalue weighted by molar-refractivity contribution is 5.94. The molecule has 0 amide bonds. The number of nitrogens with two attached hydrogens (primary N) is 1. The molecule has 0 aliphatic carbocycles. The van der Waals surface area contributed by atoms with E-state index in [2.05, 4.69) is 10.4 Å². The number of benzene rings is 3. The van der Waals surface area contributed by atoms with Crippen LogP contribution in [-0.4, -0.2) is 20.9 Å². The van der Waals surface area contributed by atoms with E-state index in [4.69, 9.17) is 10.2 Å². The van der Waals surface area contributed by atoms with Crippen LogP contribution in [0, 0.1) is 13.8 Å². The molecule has 0 aliphatic heterocycles. The zero-order chi connectivity index (χ0) is 26.3. The van der Waals surface area contributed by atoms with Gasteiger partial charge in [-0.05, 0) is 68.8 Å². The fourth-order valence-corrected chi connectivity index (χ4v) is 4.48. The van der Waals surface area contributed by atoms with Gasteiger partial charge in [-0.15, -0.1) is 0 Å². The summed E-state index contributed by atoms with van der Waals surface area (Å²) >= 11 is 0. The Balaban J connectivity index is 1.62. The molecule has 0 fully saturated rings. The Bertz CT molecular complexity index is 1700. The Hall–Kier alpha value is -4.85. The summed E-state index contributed by atoms with van der Waals surface area (Å²) in [5.74, 6) is -0.589. The van der Waals surface area contributed by atoms with Crippen LogP contribution in [0.15, 0.2) is 82.3 Å². The summed E-state index contributed by atoms with van der Waals surface area (Å²) in [4.78, 5) is 25.2. The molecule has 3 aromatic carbocycles. The number of para-hydroxylation sites is 1. The van der Waals surface area contributed by atoms with E-state index < -0.39 is 5.97 Å². The third-order valence-corrected chi connectivity index (χ3v) is 6.39. The van der Waals surface area contributed by atoms with Crippen molar-refractivity contribution in [2.75, 3.05) is 11.1 Å². The first kappa shape index (κ1) is 23.9. The highest BCUT2D eigenvalue weighted by atomic mass is 16.4. The van der Waals surface area contributed by atoms with E-state index in [1.807, 2.05) is 38.1 Å². The molecule has 37 heavy (non-hydrogen) atoms. The summed E-state index contributed by atoms with van der Waals surface area (Å²) in [6.45, 7) is 5.57. The van der Waals surface area contributed by atoms with E-state index in [9.17, 15) is 14.7 Å². The number of aryl methyl sites for hydroxylation is 1. The lowest BCUT2D eigenvalue weighted by Crippen LogP contribution is -2.14. The summed E-state index contributed by atoms with van der Waals surface area (Å²) in [6.07, 6.45) is 3.47. The number of anilines is 2. The minimum Gasteiger partial charge on any atom is -0.478 e. The number of aromatic nitrogens is 2. The smallest absolute Gasteiger partial charge is 0.337 e. The molecule has 1 unspecified atom stereocenters. The molecule has 186 valence electrons. The van der Waals surface area contributed by atoms with Gasteiger partial charge in [0.1, 0.15) is 11.3 Å². The molecular weight excluding hydrogens is 468 g/mol. The maximum atomic E-state index is 13.5. The van der Waals surface area contributed by atoms with Gasteiger partial charge in [0.2, 0.25) is 0 Å². The first-order valence-electron chi connectivity index (χ1n) is 11.8. The highest BCUT2D eigenvalue weighted by Gasteiger charge is 2.21. The summed E-state index contributed by atoms with van der Waals surface area (Å²) < 4.78 is 8.12. The van der Waals surface area contributed by atoms with E-state index in [-0.39, 0.29) is 17.0 Å². The minimum atomic E-state index is -1.02. The van der Waals surface area contributed by atoms with Gasteiger partial charge >= 0.3 is 5.97 Å². The highest BCUT2D eigenvalue weighted by Crippen LogP contribution is 2.33. The van der Waals surface area contributed by atoms with Gasteiger partial charge in [0.25, 0.3) is 0 Å². The number of fused-ring (bicyclic) bond motifs is 1. The Morgan fingerprint density at radius 1 is 1.11 bits per heavy atom. The SMILES string of the molecule is Cc1cc(C(C)Nc2ccccc2C(=O)O)c2oc(-c3cnn(-c4ccc(N)cc4)c3)c(C)c(=O)c2c1. The van der Waals surface area contributed by atoms with E-state index in [0.717, 1.165) is 16.8 Å². The van der Waals surface area contributed by atoms with Crippen molar-refractivity contribution in [2.24, 2.45) is 0 Å². The van der Waals surface area contributed by atoms with Gasteiger partial charge in [0.05, 0.1) is 34.4 Å². The van der Waals surface area contributed by atoms with E-state index in [1.165, 1.54) is 0 Å². The quantitative estimate of drug-likeness (QED) is 0.258. The van der Waals surface area contributed by atoms with Gasteiger partial charge in [0, 0.05) is 28.7 Å². The van der Waals surface area contributed by atoms with Crippen LogP contribution in [0.5, 0.6) is 0 Å². The van der Waals surface area contributed by atoms with Gasteiger partial charge in [0.15, 0.2) is 5.43 Å². The number of carboxylic acid groups (broad SMARTS) is 1. The molecule has 8 nitrogen and oxygen atoms in total. The van der Waals surface area contributed by atoms with Gasteiger partial charge in [-0.2, -0.15) is 5.10 Å². The van der Waals surface area contributed by atoms with Crippen LogP contribution in [0.2, 0.25) is 0 Å². The molecular formula is C29H26N4O4. The molecule has 8 heteroatoms. The van der Waals surface area contributed by atoms with E-state index in [0.29, 0.717) is 39.2 Å². The van der Waals surface area contributed by atoms with Gasteiger partial charge in [-0.1, -0.05) is 18.2 Å². The summed E-state index contributed by atoms with van der Waals surface area (Å²) in [7, 11) is 0. The van der Waals surface area contributed by atoms with Crippen LogP contribution < -0.4 is 16.5 Å². The maximum Gasteiger partial charge on any atom is 0.337 e. The zero-order valence-corrected chi connectivity index (χ0v) is 20.6. The molecule has 5 aromatic rings. The van der Waals surface area contributed by atoms with Gasteiger partial charge < -0.3 is 20.6 Å². The number of rotatable bonds is 6. The topological polar surface area (TPSA) is 123 Å². The lowest BCUT2D eigenvalue weighted by molar-refractivity contribution is 0.0698. The number of nitrogens with zero attached hydrogens (tertiary/aromatic N) is 2. The first-order chi connectivity index (χ1) is 17.7. The lowest BCUT2D eigenvalue weighted by atomic mass is 9.99. The molecule has 0 saturated carbocycles. The fraction of sp³-hybridized carbons (Fsp3) is 0.138. The summed E-state index contributed by atoms with van der Waals surface area (Å²) in [6, 6.07) is 17.4.